The van der Waals surface area contributed by atoms with Crippen LogP contribution >= 0.6 is 15.9 Å². The minimum absolute atomic E-state index is 0.282. The largest absolute Gasteiger partial charge is 0.388 e. The molecule has 2 aromatic rings. The number of halogens is 2. The normalized spacial score (nSPS) is 12.4. The molecule has 0 bridgehead atoms. The van der Waals surface area contributed by atoms with E-state index in [1.165, 1.54) is 11.6 Å². The van der Waals surface area contributed by atoms with Gasteiger partial charge in [-0.1, -0.05) is 53.2 Å². The summed E-state index contributed by atoms with van der Waals surface area (Å²) in [6.07, 6.45) is 0.573. The first kappa shape index (κ1) is 14.2. The van der Waals surface area contributed by atoms with Crippen LogP contribution in [0, 0.1) is 5.82 Å². The SMILES string of the molecule is CCc1ccc(C(O)Cc2ccc(Br)cc2F)cc1. The lowest BCUT2D eigenvalue weighted by atomic mass is 9.99. The van der Waals surface area contributed by atoms with E-state index in [-0.39, 0.29) is 12.2 Å². The fourth-order valence-electron chi connectivity index (χ4n) is 1.99. The molecule has 0 fully saturated rings. The van der Waals surface area contributed by atoms with Crippen molar-refractivity contribution in [1.82, 2.24) is 0 Å². The number of rotatable bonds is 4. The van der Waals surface area contributed by atoms with E-state index < -0.39 is 6.10 Å². The number of aliphatic hydroxyl groups excluding tert-OH is 1. The predicted molar refractivity (Wildman–Crippen MR) is 78.6 cm³/mol. The standard InChI is InChI=1S/C16H16BrFO/c1-2-11-3-5-12(6-4-11)16(19)9-13-7-8-14(17)10-15(13)18/h3-8,10,16,19H,2,9H2,1H3. The topological polar surface area (TPSA) is 20.2 Å². The minimum Gasteiger partial charge on any atom is -0.388 e. The van der Waals surface area contributed by atoms with Gasteiger partial charge in [-0.2, -0.15) is 0 Å². The van der Waals surface area contributed by atoms with Crippen LogP contribution in [0.15, 0.2) is 46.9 Å². The molecule has 100 valence electrons. The number of hydrogen-bond acceptors (Lipinski definition) is 1. The highest BCUT2D eigenvalue weighted by atomic mass is 79.9. The second-order valence-corrected chi connectivity index (χ2v) is 5.47. The van der Waals surface area contributed by atoms with Crippen LogP contribution in [0.3, 0.4) is 0 Å². The van der Waals surface area contributed by atoms with Crippen LogP contribution in [0.25, 0.3) is 0 Å². The van der Waals surface area contributed by atoms with E-state index in [0.29, 0.717) is 10.0 Å². The van der Waals surface area contributed by atoms with Gasteiger partial charge in [-0.05, 0) is 35.2 Å². The first-order valence-electron chi connectivity index (χ1n) is 6.31. The van der Waals surface area contributed by atoms with Gasteiger partial charge in [-0.3, -0.25) is 0 Å². The second kappa shape index (κ2) is 6.31. The molecule has 3 heteroatoms. The van der Waals surface area contributed by atoms with Gasteiger partial charge < -0.3 is 5.11 Å². The molecule has 0 saturated heterocycles. The Morgan fingerprint density at radius 1 is 1.16 bits per heavy atom. The molecule has 0 saturated carbocycles. The Bertz CT molecular complexity index is 551. The van der Waals surface area contributed by atoms with E-state index in [2.05, 4.69) is 22.9 Å². The van der Waals surface area contributed by atoms with Crippen LogP contribution in [-0.2, 0) is 12.8 Å². The first-order valence-corrected chi connectivity index (χ1v) is 7.10. The Balaban J connectivity index is 2.13. The molecule has 1 unspecified atom stereocenters. The maximum atomic E-state index is 13.7. The van der Waals surface area contributed by atoms with Crippen molar-refractivity contribution >= 4 is 15.9 Å². The molecule has 0 aliphatic rings. The van der Waals surface area contributed by atoms with Crippen LogP contribution in [0.4, 0.5) is 4.39 Å². The lowest BCUT2D eigenvalue weighted by Gasteiger charge is -2.12. The maximum Gasteiger partial charge on any atom is 0.127 e. The Labute approximate surface area is 121 Å². The smallest absolute Gasteiger partial charge is 0.127 e. The average molecular weight is 323 g/mol. The van der Waals surface area contributed by atoms with Gasteiger partial charge in [0, 0.05) is 10.9 Å². The summed E-state index contributed by atoms with van der Waals surface area (Å²) in [6.45, 7) is 2.09. The lowest BCUT2D eigenvalue weighted by Crippen LogP contribution is -2.03. The summed E-state index contributed by atoms with van der Waals surface area (Å²) in [6, 6.07) is 12.7. The molecule has 0 heterocycles. The molecule has 2 rings (SSSR count). The summed E-state index contributed by atoms with van der Waals surface area (Å²) in [5, 5.41) is 10.2. The Kier molecular flexibility index (Phi) is 4.72. The van der Waals surface area contributed by atoms with Gasteiger partial charge >= 0.3 is 0 Å². The Hall–Kier alpha value is -1.19. The maximum absolute atomic E-state index is 13.7. The van der Waals surface area contributed by atoms with Crippen molar-refractivity contribution in [2.24, 2.45) is 0 Å². The van der Waals surface area contributed by atoms with E-state index in [9.17, 15) is 9.50 Å². The van der Waals surface area contributed by atoms with Crippen molar-refractivity contribution in [1.29, 1.82) is 0 Å². The third kappa shape index (κ3) is 3.64. The fourth-order valence-corrected chi connectivity index (χ4v) is 2.32. The molecule has 1 atom stereocenters. The van der Waals surface area contributed by atoms with Crippen molar-refractivity contribution < 1.29 is 9.50 Å². The highest BCUT2D eigenvalue weighted by Gasteiger charge is 2.11. The minimum atomic E-state index is -0.679. The van der Waals surface area contributed by atoms with Crippen LogP contribution in [-0.4, -0.2) is 5.11 Å². The third-order valence-corrected chi connectivity index (χ3v) is 3.69. The van der Waals surface area contributed by atoms with Crippen LogP contribution < -0.4 is 0 Å². The highest BCUT2D eigenvalue weighted by Crippen LogP contribution is 2.22. The van der Waals surface area contributed by atoms with Crippen LogP contribution in [0.5, 0.6) is 0 Å². The zero-order valence-electron chi connectivity index (χ0n) is 10.7. The highest BCUT2D eigenvalue weighted by molar-refractivity contribution is 9.10. The summed E-state index contributed by atoms with van der Waals surface area (Å²) in [4.78, 5) is 0. The summed E-state index contributed by atoms with van der Waals surface area (Å²) in [5.74, 6) is -0.293. The summed E-state index contributed by atoms with van der Waals surface area (Å²) in [7, 11) is 0. The quantitative estimate of drug-likeness (QED) is 0.883. The van der Waals surface area contributed by atoms with Crippen molar-refractivity contribution in [3.8, 4) is 0 Å². The Morgan fingerprint density at radius 3 is 2.42 bits per heavy atom. The molecule has 1 N–H and O–H groups in total. The second-order valence-electron chi connectivity index (χ2n) is 4.55. The van der Waals surface area contributed by atoms with E-state index in [1.54, 1.807) is 12.1 Å². The van der Waals surface area contributed by atoms with Crippen LogP contribution in [0.1, 0.15) is 29.7 Å². The van der Waals surface area contributed by atoms with Crippen molar-refractivity contribution in [3.63, 3.8) is 0 Å². The number of hydrogen-bond donors (Lipinski definition) is 1. The van der Waals surface area contributed by atoms with Gasteiger partial charge in [0.05, 0.1) is 6.10 Å². The van der Waals surface area contributed by atoms with Gasteiger partial charge in [0.25, 0.3) is 0 Å². The zero-order valence-corrected chi connectivity index (χ0v) is 12.3. The van der Waals surface area contributed by atoms with Crippen molar-refractivity contribution in [2.75, 3.05) is 0 Å². The summed E-state index contributed by atoms with van der Waals surface area (Å²) >= 11 is 3.22. The van der Waals surface area contributed by atoms with Gasteiger partial charge in [-0.15, -0.1) is 0 Å². The number of aryl methyl sites for hydroxylation is 1. The molecular formula is C16H16BrFO. The molecule has 0 aliphatic heterocycles. The van der Waals surface area contributed by atoms with E-state index >= 15 is 0 Å². The average Bonchev–Trinajstić information content (AvgIpc) is 2.42. The summed E-state index contributed by atoms with van der Waals surface area (Å²) in [5.41, 5.74) is 2.57. The van der Waals surface area contributed by atoms with E-state index in [1.807, 2.05) is 24.3 Å². The van der Waals surface area contributed by atoms with Crippen molar-refractivity contribution in [3.05, 3.63) is 69.4 Å². The third-order valence-electron chi connectivity index (χ3n) is 3.20. The fraction of sp³-hybridized carbons (Fsp3) is 0.250. The monoisotopic (exact) mass is 322 g/mol. The van der Waals surface area contributed by atoms with E-state index in [4.69, 9.17) is 0 Å². The predicted octanol–water partition coefficient (Wildman–Crippen LogP) is 4.43. The van der Waals surface area contributed by atoms with E-state index in [0.717, 1.165) is 12.0 Å². The number of benzene rings is 2. The first-order chi connectivity index (χ1) is 9.10. The zero-order chi connectivity index (χ0) is 13.8. The molecule has 19 heavy (non-hydrogen) atoms. The molecule has 0 aromatic heterocycles. The molecule has 0 amide bonds. The lowest BCUT2D eigenvalue weighted by molar-refractivity contribution is 0.177. The Morgan fingerprint density at radius 2 is 1.84 bits per heavy atom. The molecule has 1 nitrogen and oxygen atoms in total. The molecule has 0 spiro atoms. The molecule has 0 radical (unpaired) electrons. The molecule has 0 aliphatic carbocycles. The van der Waals surface area contributed by atoms with Gasteiger partial charge in [-0.25, -0.2) is 4.39 Å². The van der Waals surface area contributed by atoms with Gasteiger partial charge in [0.15, 0.2) is 0 Å². The molecular weight excluding hydrogens is 307 g/mol. The van der Waals surface area contributed by atoms with Gasteiger partial charge in [0.1, 0.15) is 5.82 Å². The number of aliphatic hydroxyl groups is 1. The van der Waals surface area contributed by atoms with Crippen LogP contribution in [0.2, 0.25) is 0 Å². The van der Waals surface area contributed by atoms with Gasteiger partial charge in [0.2, 0.25) is 0 Å². The summed E-state index contributed by atoms with van der Waals surface area (Å²) < 4.78 is 14.4. The molecule has 2 aromatic carbocycles. The van der Waals surface area contributed by atoms with Crippen molar-refractivity contribution in [2.45, 2.75) is 25.9 Å².